The Labute approximate surface area is 121 Å². The molecule has 1 aliphatic heterocycles. The Bertz CT molecular complexity index is 459. The van der Waals surface area contributed by atoms with Crippen LogP contribution >= 0.6 is 15.9 Å². The molecule has 1 heterocycles. The normalized spacial score (nSPS) is 22.3. The summed E-state index contributed by atoms with van der Waals surface area (Å²) in [5.74, 6) is -0.758. The lowest BCUT2D eigenvalue weighted by Crippen LogP contribution is -2.63. The van der Waals surface area contributed by atoms with Crippen LogP contribution in [0.3, 0.4) is 0 Å². The molecule has 1 atom stereocenters. The van der Waals surface area contributed by atoms with Crippen molar-refractivity contribution in [3.8, 4) is 0 Å². The van der Waals surface area contributed by atoms with Crippen LogP contribution in [-0.4, -0.2) is 35.7 Å². The average Bonchev–Trinajstić information content (AvgIpc) is 2.29. The maximum atomic E-state index is 11.0. The molecule has 1 aromatic rings. The van der Waals surface area contributed by atoms with Crippen LogP contribution in [-0.2, 0) is 4.79 Å². The highest BCUT2D eigenvalue weighted by atomic mass is 79.9. The van der Waals surface area contributed by atoms with Gasteiger partial charge in [0.1, 0.15) is 0 Å². The van der Waals surface area contributed by atoms with Crippen molar-refractivity contribution in [3.63, 3.8) is 0 Å². The van der Waals surface area contributed by atoms with Gasteiger partial charge >= 0.3 is 5.97 Å². The van der Waals surface area contributed by atoms with Gasteiger partial charge in [0.15, 0.2) is 0 Å². The number of nitrogens with zero attached hydrogens (tertiary/aromatic N) is 1. The van der Waals surface area contributed by atoms with E-state index in [1.807, 2.05) is 24.3 Å². The summed E-state index contributed by atoms with van der Waals surface area (Å²) in [5.41, 5.74) is 0.965. The molecule has 1 aliphatic rings. The lowest BCUT2D eigenvalue weighted by Gasteiger charge is -2.49. The number of carboxylic acids is 1. The zero-order valence-corrected chi connectivity index (χ0v) is 12.8. The molecule has 5 heteroatoms. The summed E-state index contributed by atoms with van der Waals surface area (Å²) < 4.78 is 1.03. The molecule has 2 N–H and O–H groups in total. The Hall–Kier alpha value is -1.07. The van der Waals surface area contributed by atoms with Gasteiger partial charge in [-0.25, -0.2) is 0 Å². The van der Waals surface area contributed by atoms with Crippen molar-refractivity contribution in [1.29, 1.82) is 0 Å². The van der Waals surface area contributed by atoms with E-state index < -0.39 is 5.97 Å². The molecule has 1 aromatic carbocycles. The standard InChI is InChI=1S/C14H19BrN2O2/c1-14(2)9-16-8-12(7-13(18)19)17(14)11-5-3-10(15)4-6-11/h3-6,12,16H,7-9H2,1-2H3,(H,18,19). The number of carbonyl (C=O) groups is 1. The lowest BCUT2D eigenvalue weighted by molar-refractivity contribution is -0.137. The highest BCUT2D eigenvalue weighted by molar-refractivity contribution is 9.10. The maximum absolute atomic E-state index is 11.0. The summed E-state index contributed by atoms with van der Waals surface area (Å²) >= 11 is 3.43. The van der Waals surface area contributed by atoms with E-state index in [1.54, 1.807) is 0 Å². The second kappa shape index (κ2) is 5.51. The van der Waals surface area contributed by atoms with E-state index in [9.17, 15) is 4.79 Å². The third-order valence-electron chi connectivity index (χ3n) is 3.47. The maximum Gasteiger partial charge on any atom is 0.305 e. The number of aliphatic carboxylic acids is 1. The highest BCUT2D eigenvalue weighted by Gasteiger charge is 2.37. The summed E-state index contributed by atoms with van der Waals surface area (Å²) in [5, 5.41) is 12.4. The number of hydrogen-bond acceptors (Lipinski definition) is 3. The van der Waals surface area contributed by atoms with Gasteiger partial charge in [-0.05, 0) is 38.1 Å². The fraction of sp³-hybridized carbons (Fsp3) is 0.500. The van der Waals surface area contributed by atoms with Crippen LogP contribution in [0.25, 0.3) is 0 Å². The van der Waals surface area contributed by atoms with Gasteiger partial charge in [-0.15, -0.1) is 0 Å². The van der Waals surface area contributed by atoms with Gasteiger partial charge in [0.25, 0.3) is 0 Å². The molecule has 0 saturated carbocycles. The molecular weight excluding hydrogens is 308 g/mol. The number of benzene rings is 1. The number of anilines is 1. The van der Waals surface area contributed by atoms with Crippen molar-refractivity contribution >= 4 is 27.6 Å². The van der Waals surface area contributed by atoms with Crippen LogP contribution < -0.4 is 10.2 Å². The van der Waals surface area contributed by atoms with E-state index in [-0.39, 0.29) is 18.0 Å². The summed E-state index contributed by atoms with van der Waals surface area (Å²) in [4.78, 5) is 13.3. The number of hydrogen-bond donors (Lipinski definition) is 2. The predicted octanol–water partition coefficient (Wildman–Crippen LogP) is 2.48. The van der Waals surface area contributed by atoms with Crippen molar-refractivity contribution in [3.05, 3.63) is 28.7 Å². The number of piperazine rings is 1. The van der Waals surface area contributed by atoms with E-state index in [0.29, 0.717) is 6.54 Å². The largest absolute Gasteiger partial charge is 0.481 e. The molecule has 0 amide bonds. The summed E-state index contributed by atoms with van der Waals surface area (Å²) in [6, 6.07) is 8.02. The molecule has 0 aromatic heterocycles. The summed E-state index contributed by atoms with van der Waals surface area (Å²) in [7, 11) is 0. The first kappa shape index (κ1) is 14.3. The second-order valence-electron chi connectivity index (χ2n) is 5.54. The zero-order valence-electron chi connectivity index (χ0n) is 11.2. The Morgan fingerprint density at radius 1 is 1.47 bits per heavy atom. The number of nitrogens with one attached hydrogen (secondary N) is 1. The first-order valence-corrected chi connectivity index (χ1v) is 7.17. The Balaban J connectivity index is 2.33. The summed E-state index contributed by atoms with van der Waals surface area (Å²) in [6.45, 7) is 5.82. The monoisotopic (exact) mass is 326 g/mol. The Morgan fingerprint density at radius 2 is 2.11 bits per heavy atom. The van der Waals surface area contributed by atoms with Crippen LogP contribution in [0.1, 0.15) is 20.3 Å². The van der Waals surface area contributed by atoms with Gasteiger partial charge in [0.2, 0.25) is 0 Å². The van der Waals surface area contributed by atoms with Crippen LogP contribution in [0, 0.1) is 0 Å². The molecule has 0 bridgehead atoms. The quantitative estimate of drug-likeness (QED) is 0.896. The van der Waals surface area contributed by atoms with E-state index in [2.05, 4.69) is 40.0 Å². The average molecular weight is 327 g/mol. The van der Waals surface area contributed by atoms with Crippen molar-refractivity contribution < 1.29 is 9.90 Å². The molecule has 1 saturated heterocycles. The van der Waals surface area contributed by atoms with E-state index in [0.717, 1.165) is 16.7 Å². The van der Waals surface area contributed by atoms with Crippen molar-refractivity contribution in [2.75, 3.05) is 18.0 Å². The van der Waals surface area contributed by atoms with Crippen LogP contribution in [0.4, 0.5) is 5.69 Å². The van der Waals surface area contributed by atoms with Crippen LogP contribution in [0.15, 0.2) is 28.7 Å². The van der Waals surface area contributed by atoms with E-state index in [1.165, 1.54) is 0 Å². The van der Waals surface area contributed by atoms with Gasteiger partial charge in [-0.1, -0.05) is 15.9 Å². The van der Waals surface area contributed by atoms with Gasteiger partial charge in [-0.2, -0.15) is 0 Å². The smallest absolute Gasteiger partial charge is 0.305 e. The molecular formula is C14H19BrN2O2. The zero-order chi connectivity index (χ0) is 14.0. The fourth-order valence-corrected chi connectivity index (χ4v) is 3.01. The first-order chi connectivity index (χ1) is 8.90. The predicted molar refractivity (Wildman–Crippen MR) is 79.6 cm³/mol. The SMILES string of the molecule is CC1(C)CNCC(CC(=O)O)N1c1ccc(Br)cc1. The number of rotatable bonds is 3. The van der Waals surface area contributed by atoms with Crippen molar-refractivity contribution in [2.24, 2.45) is 0 Å². The molecule has 104 valence electrons. The van der Waals surface area contributed by atoms with Gasteiger partial charge in [0, 0.05) is 28.8 Å². The van der Waals surface area contributed by atoms with E-state index >= 15 is 0 Å². The molecule has 4 nitrogen and oxygen atoms in total. The minimum atomic E-state index is -0.758. The van der Waals surface area contributed by atoms with Gasteiger partial charge in [0.05, 0.1) is 12.5 Å². The lowest BCUT2D eigenvalue weighted by atomic mass is 9.93. The molecule has 0 radical (unpaired) electrons. The van der Waals surface area contributed by atoms with Crippen molar-refractivity contribution in [2.45, 2.75) is 31.8 Å². The summed E-state index contributed by atoms with van der Waals surface area (Å²) in [6.07, 6.45) is 0.145. The topological polar surface area (TPSA) is 52.6 Å². The molecule has 1 fully saturated rings. The third kappa shape index (κ3) is 3.28. The van der Waals surface area contributed by atoms with E-state index in [4.69, 9.17) is 5.11 Å². The highest BCUT2D eigenvalue weighted by Crippen LogP contribution is 2.30. The molecule has 19 heavy (non-hydrogen) atoms. The molecule has 0 aliphatic carbocycles. The Morgan fingerprint density at radius 3 is 2.68 bits per heavy atom. The van der Waals surface area contributed by atoms with Gasteiger partial charge < -0.3 is 15.3 Å². The third-order valence-corrected chi connectivity index (χ3v) is 4.00. The minimum absolute atomic E-state index is 0.0255. The molecule has 1 unspecified atom stereocenters. The Kier molecular flexibility index (Phi) is 4.16. The second-order valence-corrected chi connectivity index (χ2v) is 6.46. The number of halogens is 1. The minimum Gasteiger partial charge on any atom is -0.481 e. The molecule has 0 spiro atoms. The fourth-order valence-electron chi connectivity index (χ4n) is 2.74. The van der Waals surface area contributed by atoms with Gasteiger partial charge in [-0.3, -0.25) is 4.79 Å². The molecule has 2 rings (SSSR count). The first-order valence-electron chi connectivity index (χ1n) is 6.37. The van der Waals surface area contributed by atoms with Crippen LogP contribution in [0.5, 0.6) is 0 Å². The van der Waals surface area contributed by atoms with Crippen LogP contribution in [0.2, 0.25) is 0 Å². The number of carboxylic acid groups (broad SMARTS) is 1. The van der Waals surface area contributed by atoms with Crippen molar-refractivity contribution in [1.82, 2.24) is 5.32 Å².